The van der Waals surface area contributed by atoms with Crippen LogP contribution in [0.15, 0.2) is 62.8 Å². The Labute approximate surface area is 200 Å². The van der Waals surface area contributed by atoms with Crippen LogP contribution in [0.25, 0.3) is 6.08 Å². The van der Waals surface area contributed by atoms with Crippen LogP contribution in [0.5, 0.6) is 5.75 Å². The lowest BCUT2D eigenvalue weighted by atomic mass is 10.0. The molecule has 1 atom stereocenters. The molecule has 0 aliphatic carbocycles. The molecular formula is C25H26N2O4S2. The largest absolute Gasteiger partial charge is 0.493 e. The van der Waals surface area contributed by atoms with Crippen molar-refractivity contribution in [3.8, 4) is 5.75 Å². The minimum Gasteiger partial charge on any atom is -0.493 e. The molecule has 172 valence electrons. The monoisotopic (exact) mass is 482 g/mol. The Morgan fingerprint density at radius 1 is 1.24 bits per heavy atom. The fourth-order valence-electron chi connectivity index (χ4n) is 3.58. The lowest BCUT2D eigenvalue weighted by Gasteiger charge is -2.23. The average molecular weight is 483 g/mol. The highest BCUT2D eigenvalue weighted by molar-refractivity contribution is 7.10. The molecule has 3 heterocycles. The van der Waals surface area contributed by atoms with Gasteiger partial charge in [0.2, 0.25) is 0 Å². The van der Waals surface area contributed by atoms with E-state index in [1.165, 1.54) is 22.7 Å². The third-order valence-corrected chi connectivity index (χ3v) is 7.00. The molecule has 4 rings (SSSR count). The molecule has 33 heavy (non-hydrogen) atoms. The van der Waals surface area contributed by atoms with E-state index >= 15 is 0 Å². The summed E-state index contributed by atoms with van der Waals surface area (Å²) in [5.74, 6) is 0.809. The summed E-state index contributed by atoms with van der Waals surface area (Å²) >= 11 is 2.82. The number of rotatable bonds is 7. The first-order valence-corrected chi connectivity index (χ1v) is 12.5. The zero-order chi connectivity index (χ0) is 23.5. The standard InChI is InChI=1S/C25H26N2O4S2/c1-5-30-24(29)21-16(4)26-25-27(22(21)19-7-6-12-32-19)23(28)20(33-25)13-17-8-10-18(11-9-17)31-14-15(2)3/h6-13,15,22H,5,14H2,1-4H3/b20-13+/t22-/m0/s1. The van der Waals surface area contributed by atoms with Crippen molar-refractivity contribution in [1.82, 2.24) is 4.57 Å². The van der Waals surface area contributed by atoms with Crippen LogP contribution in [-0.4, -0.2) is 23.8 Å². The molecule has 0 fully saturated rings. The van der Waals surface area contributed by atoms with Gasteiger partial charge >= 0.3 is 5.97 Å². The molecule has 0 saturated carbocycles. The van der Waals surface area contributed by atoms with E-state index in [9.17, 15) is 9.59 Å². The van der Waals surface area contributed by atoms with Crippen LogP contribution in [0.3, 0.4) is 0 Å². The highest BCUT2D eigenvalue weighted by atomic mass is 32.1. The second kappa shape index (κ2) is 9.89. The van der Waals surface area contributed by atoms with E-state index in [0.717, 1.165) is 16.2 Å². The van der Waals surface area contributed by atoms with Crippen molar-refractivity contribution < 1.29 is 14.3 Å². The number of fused-ring (bicyclic) bond motifs is 1. The summed E-state index contributed by atoms with van der Waals surface area (Å²) in [6, 6.07) is 11.0. The number of thiazole rings is 1. The van der Waals surface area contributed by atoms with Crippen LogP contribution in [0, 0.1) is 5.92 Å². The SMILES string of the molecule is CCOC(=O)C1=C(C)N=c2s/c(=C/c3ccc(OCC(C)C)cc3)c(=O)n2[C@H]1c1cccs1. The summed E-state index contributed by atoms with van der Waals surface area (Å²) in [7, 11) is 0. The minimum atomic E-state index is -0.547. The van der Waals surface area contributed by atoms with Crippen molar-refractivity contribution in [2.75, 3.05) is 13.2 Å². The molecule has 6 nitrogen and oxygen atoms in total. The molecule has 2 aromatic heterocycles. The number of aromatic nitrogens is 1. The quantitative estimate of drug-likeness (QED) is 0.479. The average Bonchev–Trinajstić information content (AvgIpc) is 3.41. The highest BCUT2D eigenvalue weighted by Crippen LogP contribution is 2.33. The molecule has 1 aliphatic rings. The van der Waals surface area contributed by atoms with Crippen LogP contribution in [-0.2, 0) is 9.53 Å². The number of hydrogen-bond donors (Lipinski definition) is 0. The predicted octanol–water partition coefficient (Wildman–Crippen LogP) is 3.89. The molecule has 0 bridgehead atoms. The van der Waals surface area contributed by atoms with E-state index in [1.54, 1.807) is 18.4 Å². The van der Waals surface area contributed by atoms with Crippen molar-refractivity contribution in [2.24, 2.45) is 10.9 Å². The van der Waals surface area contributed by atoms with E-state index in [1.807, 2.05) is 47.9 Å². The van der Waals surface area contributed by atoms with Crippen LogP contribution in [0.4, 0.5) is 0 Å². The zero-order valence-corrected chi connectivity index (χ0v) is 20.7. The van der Waals surface area contributed by atoms with Crippen LogP contribution in [0.1, 0.15) is 44.2 Å². The summed E-state index contributed by atoms with van der Waals surface area (Å²) in [4.78, 5) is 32.3. The van der Waals surface area contributed by atoms with Crippen molar-refractivity contribution in [3.63, 3.8) is 0 Å². The number of allylic oxidation sites excluding steroid dienone is 1. The molecule has 0 radical (unpaired) electrons. The maximum atomic E-state index is 13.5. The number of nitrogens with zero attached hydrogens (tertiary/aromatic N) is 2. The van der Waals surface area contributed by atoms with Crippen LogP contribution in [0.2, 0.25) is 0 Å². The molecule has 3 aromatic rings. The molecule has 0 saturated heterocycles. The van der Waals surface area contributed by atoms with Crippen LogP contribution < -0.4 is 19.6 Å². The number of hydrogen-bond acceptors (Lipinski definition) is 7. The van der Waals surface area contributed by atoms with Gasteiger partial charge in [-0.2, -0.15) is 0 Å². The maximum absolute atomic E-state index is 13.5. The first-order chi connectivity index (χ1) is 15.9. The first-order valence-electron chi connectivity index (χ1n) is 10.8. The van der Waals surface area contributed by atoms with E-state index in [2.05, 4.69) is 18.8 Å². The highest BCUT2D eigenvalue weighted by Gasteiger charge is 2.33. The van der Waals surface area contributed by atoms with Gasteiger partial charge in [-0.25, -0.2) is 9.79 Å². The Bertz CT molecular complexity index is 1350. The van der Waals surface area contributed by atoms with Crippen molar-refractivity contribution in [2.45, 2.75) is 33.7 Å². The summed E-state index contributed by atoms with van der Waals surface area (Å²) in [5, 5.41) is 1.94. The fourth-order valence-corrected chi connectivity index (χ4v) is 5.45. The molecule has 0 spiro atoms. The summed E-state index contributed by atoms with van der Waals surface area (Å²) in [6.45, 7) is 8.68. The Balaban J connectivity index is 1.77. The number of ether oxygens (including phenoxy) is 2. The smallest absolute Gasteiger partial charge is 0.338 e. The van der Waals surface area contributed by atoms with E-state index in [-0.39, 0.29) is 12.2 Å². The second-order valence-electron chi connectivity index (χ2n) is 8.09. The Hall–Kier alpha value is -2.97. The van der Waals surface area contributed by atoms with Gasteiger partial charge in [-0.3, -0.25) is 9.36 Å². The van der Waals surface area contributed by atoms with Crippen molar-refractivity contribution in [3.05, 3.63) is 83.2 Å². The number of carbonyl (C=O) groups excluding carboxylic acids is 1. The molecule has 1 aliphatic heterocycles. The predicted molar refractivity (Wildman–Crippen MR) is 131 cm³/mol. The lowest BCUT2D eigenvalue weighted by molar-refractivity contribution is -0.139. The van der Waals surface area contributed by atoms with E-state index in [0.29, 0.717) is 33.1 Å². The Morgan fingerprint density at radius 3 is 2.64 bits per heavy atom. The Kier molecular flexibility index (Phi) is 6.95. The van der Waals surface area contributed by atoms with Crippen molar-refractivity contribution in [1.29, 1.82) is 0 Å². The molecule has 0 N–H and O–H groups in total. The molecule has 1 aromatic carbocycles. The van der Waals surface area contributed by atoms with Gasteiger partial charge in [-0.15, -0.1) is 11.3 Å². The molecular weight excluding hydrogens is 456 g/mol. The summed E-state index contributed by atoms with van der Waals surface area (Å²) in [6.07, 6.45) is 1.85. The van der Waals surface area contributed by atoms with Gasteiger partial charge in [0, 0.05) is 4.88 Å². The number of carbonyl (C=O) groups is 1. The fraction of sp³-hybridized carbons (Fsp3) is 0.320. The maximum Gasteiger partial charge on any atom is 0.338 e. The third kappa shape index (κ3) is 4.86. The van der Waals surface area contributed by atoms with Gasteiger partial charge in [0.05, 0.1) is 29.0 Å². The van der Waals surface area contributed by atoms with Gasteiger partial charge in [0.25, 0.3) is 5.56 Å². The summed E-state index contributed by atoms with van der Waals surface area (Å²) < 4.78 is 13.2. The molecule has 8 heteroatoms. The van der Waals surface area contributed by atoms with Crippen molar-refractivity contribution >= 4 is 34.7 Å². The number of thiophene rings is 1. The van der Waals surface area contributed by atoms with Gasteiger partial charge in [-0.05, 0) is 55.0 Å². The van der Waals surface area contributed by atoms with Gasteiger partial charge in [0.15, 0.2) is 4.80 Å². The van der Waals surface area contributed by atoms with Gasteiger partial charge < -0.3 is 9.47 Å². The van der Waals surface area contributed by atoms with E-state index in [4.69, 9.17) is 9.47 Å². The topological polar surface area (TPSA) is 69.9 Å². The normalized spacial score (nSPS) is 16.0. The number of esters is 1. The van der Waals surface area contributed by atoms with E-state index < -0.39 is 12.0 Å². The molecule has 0 amide bonds. The van der Waals surface area contributed by atoms with Crippen LogP contribution >= 0.6 is 22.7 Å². The zero-order valence-electron chi connectivity index (χ0n) is 19.0. The summed E-state index contributed by atoms with van der Waals surface area (Å²) in [5.41, 5.74) is 1.70. The first kappa shape index (κ1) is 23.2. The third-order valence-electron chi connectivity index (χ3n) is 5.09. The van der Waals surface area contributed by atoms with Gasteiger partial charge in [0.1, 0.15) is 11.8 Å². The molecule has 0 unspecified atom stereocenters. The lowest BCUT2D eigenvalue weighted by Crippen LogP contribution is -2.39. The second-order valence-corrected chi connectivity index (χ2v) is 10.1. The number of benzene rings is 1. The van der Waals surface area contributed by atoms with Gasteiger partial charge in [-0.1, -0.05) is 43.4 Å². The minimum absolute atomic E-state index is 0.174. The Morgan fingerprint density at radius 2 is 2.00 bits per heavy atom.